The lowest BCUT2D eigenvalue weighted by Gasteiger charge is -2.58. The van der Waals surface area contributed by atoms with Crippen LogP contribution >= 0.6 is 0 Å². The van der Waals surface area contributed by atoms with Crippen molar-refractivity contribution in [2.24, 2.45) is 40.4 Å². The van der Waals surface area contributed by atoms with Crippen LogP contribution < -0.4 is 0 Å². The molecule has 8 atom stereocenters. The fourth-order valence-corrected chi connectivity index (χ4v) is 8.36. The zero-order valence-electron chi connectivity index (χ0n) is 15.8. The van der Waals surface area contributed by atoms with Crippen LogP contribution in [0.15, 0.2) is 23.8 Å². The zero-order chi connectivity index (χ0) is 17.9. The third-order valence-corrected chi connectivity index (χ3v) is 9.64. The van der Waals surface area contributed by atoms with Crippen molar-refractivity contribution in [3.05, 3.63) is 23.8 Å². The lowest BCUT2D eigenvalue weighted by Crippen LogP contribution is -2.56. The maximum absolute atomic E-state index is 12.1. The molecular weight excluding hydrogens is 324 g/mol. The van der Waals surface area contributed by atoms with Crippen molar-refractivity contribution >= 4 is 11.8 Å². The van der Waals surface area contributed by atoms with E-state index in [-0.39, 0.29) is 22.4 Å². The molecule has 0 amide bonds. The van der Waals surface area contributed by atoms with Crippen molar-refractivity contribution in [2.45, 2.75) is 64.4 Å². The maximum atomic E-state index is 12.1. The summed E-state index contributed by atoms with van der Waals surface area (Å²) in [7, 11) is 0. The molecule has 1 heterocycles. The van der Waals surface area contributed by atoms with Gasteiger partial charge in [0.25, 0.3) is 0 Å². The van der Waals surface area contributed by atoms with Gasteiger partial charge in [-0.2, -0.15) is 0 Å². The number of rotatable bonds is 0. The van der Waals surface area contributed by atoms with Crippen molar-refractivity contribution in [3.63, 3.8) is 0 Å². The quantitative estimate of drug-likeness (QED) is 0.613. The number of hydrogen-bond donors (Lipinski definition) is 0. The molecule has 138 valence electrons. The molecule has 1 saturated heterocycles. The average molecular weight is 352 g/mol. The van der Waals surface area contributed by atoms with Gasteiger partial charge < -0.3 is 4.74 Å². The minimum atomic E-state index is -0.169. The summed E-state index contributed by atoms with van der Waals surface area (Å²) in [4.78, 5) is 24.0. The third kappa shape index (κ3) is 1.59. The molecule has 3 nitrogen and oxygen atoms in total. The first-order chi connectivity index (χ1) is 12.4. The predicted octanol–water partition coefficient (Wildman–Crippen LogP) is 4.23. The monoisotopic (exact) mass is 352 g/mol. The van der Waals surface area contributed by atoms with Crippen LogP contribution in [0.25, 0.3) is 0 Å². The zero-order valence-corrected chi connectivity index (χ0v) is 15.8. The van der Waals surface area contributed by atoms with Crippen LogP contribution in [0.1, 0.15) is 58.8 Å². The van der Waals surface area contributed by atoms with Crippen molar-refractivity contribution in [3.8, 4) is 0 Å². The number of fused-ring (bicyclic) bond motifs is 9. The van der Waals surface area contributed by atoms with Gasteiger partial charge in [-0.3, -0.25) is 9.59 Å². The van der Waals surface area contributed by atoms with Gasteiger partial charge in [0.1, 0.15) is 5.60 Å². The Morgan fingerprint density at radius 3 is 2.69 bits per heavy atom. The number of esters is 1. The normalized spacial score (nSPS) is 56.4. The molecule has 0 N–H and O–H groups in total. The Hall–Kier alpha value is -1.38. The van der Waals surface area contributed by atoms with E-state index in [4.69, 9.17) is 4.74 Å². The van der Waals surface area contributed by atoms with Gasteiger partial charge in [0.2, 0.25) is 0 Å². The highest BCUT2D eigenvalue weighted by atomic mass is 16.6. The van der Waals surface area contributed by atoms with Crippen LogP contribution in [0.5, 0.6) is 0 Å². The average Bonchev–Trinajstić information content (AvgIpc) is 3.24. The van der Waals surface area contributed by atoms with Gasteiger partial charge in [0.15, 0.2) is 5.78 Å². The predicted molar refractivity (Wildman–Crippen MR) is 97.0 cm³/mol. The van der Waals surface area contributed by atoms with Gasteiger partial charge in [-0.25, -0.2) is 0 Å². The molecule has 3 heteroatoms. The molecule has 6 rings (SSSR count). The van der Waals surface area contributed by atoms with Crippen molar-refractivity contribution in [2.75, 3.05) is 0 Å². The van der Waals surface area contributed by atoms with Crippen LogP contribution in [0.4, 0.5) is 0 Å². The summed E-state index contributed by atoms with van der Waals surface area (Å²) >= 11 is 0. The first kappa shape index (κ1) is 15.7. The minimum absolute atomic E-state index is 0.0295. The Kier molecular flexibility index (Phi) is 2.73. The number of carbonyl (C=O) groups excluding carboxylic acids is 2. The molecule has 0 aromatic rings. The van der Waals surface area contributed by atoms with Gasteiger partial charge in [-0.05, 0) is 72.8 Å². The summed E-state index contributed by atoms with van der Waals surface area (Å²) in [6.07, 6.45) is 13.5. The molecule has 1 aliphatic heterocycles. The summed E-state index contributed by atoms with van der Waals surface area (Å²) in [6, 6.07) is 0. The van der Waals surface area contributed by atoms with Crippen molar-refractivity contribution in [1.82, 2.24) is 0 Å². The highest BCUT2D eigenvalue weighted by Crippen LogP contribution is 2.78. The number of allylic oxidation sites excluding steroid dienone is 4. The summed E-state index contributed by atoms with van der Waals surface area (Å²) < 4.78 is 6.14. The second-order valence-corrected chi connectivity index (χ2v) is 10.4. The third-order valence-electron chi connectivity index (χ3n) is 9.64. The molecule has 26 heavy (non-hydrogen) atoms. The Balaban J connectivity index is 1.44. The standard InChI is InChI=1S/C23H28O3/c1-21-8-5-14(24)11-13(21)3-4-15-17(21)6-9-22(2)20(15)16-12-18(16)23(22)10-7-19(25)26-23/h3-4,11,15-18,20H,5-10,12H2,1-2H3/t15-,16-,17-,18+,20+,21+,22+,23+/m1/s1. The van der Waals surface area contributed by atoms with E-state index in [0.717, 1.165) is 18.8 Å². The summed E-state index contributed by atoms with van der Waals surface area (Å²) in [5.74, 6) is 3.53. The van der Waals surface area contributed by atoms with Crippen molar-refractivity contribution < 1.29 is 14.3 Å². The van der Waals surface area contributed by atoms with Crippen LogP contribution in [0, 0.1) is 40.4 Å². The fraction of sp³-hybridized carbons (Fsp3) is 0.739. The van der Waals surface area contributed by atoms with E-state index in [9.17, 15) is 9.59 Å². The van der Waals surface area contributed by atoms with E-state index in [0.29, 0.717) is 42.3 Å². The largest absolute Gasteiger partial charge is 0.458 e. The molecule has 0 bridgehead atoms. The number of hydrogen-bond acceptors (Lipinski definition) is 3. The van der Waals surface area contributed by atoms with Crippen LogP contribution in [0.2, 0.25) is 0 Å². The topological polar surface area (TPSA) is 43.4 Å². The van der Waals surface area contributed by atoms with E-state index < -0.39 is 0 Å². The van der Waals surface area contributed by atoms with E-state index in [1.807, 2.05) is 6.08 Å². The second kappa shape index (κ2) is 4.54. The van der Waals surface area contributed by atoms with Crippen LogP contribution in [-0.4, -0.2) is 17.4 Å². The Labute approximate surface area is 155 Å². The highest BCUT2D eigenvalue weighted by molar-refractivity contribution is 5.92. The van der Waals surface area contributed by atoms with Gasteiger partial charge in [-0.1, -0.05) is 26.0 Å². The Bertz CT molecular complexity index is 793. The highest BCUT2D eigenvalue weighted by Gasteiger charge is 2.78. The van der Waals surface area contributed by atoms with E-state index >= 15 is 0 Å². The number of carbonyl (C=O) groups is 2. The molecule has 0 aromatic heterocycles. The van der Waals surface area contributed by atoms with E-state index in [1.165, 1.54) is 24.8 Å². The van der Waals surface area contributed by atoms with Gasteiger partial charge in [-0.15, -0.1) is 0 Å². The lowest BCUT2D eigenvalue weighted by molar-refractivity contribution is -0.172. The summed E-state index contributed by atoms with van der Waals surface area (Å²) in [5, 5.41) is 0. The molecule has 0 unspecified atom stereocenters. The molecule has 0 aromatic carbocycles. The summed E-state index contributed by atoms with van der Waals surface area (Å²) in [6.45, 7) is 4.84. The van der Waals surface area contributed by atoms with E-state index in [2.05, 4.69) is 26.0 Å². The lowest BCUT2D eigenvalue weighted by atomic mass is 9.47. The first-order valence-electron chi connectivity index (χ1n) is 10.5. The second-order valence-electron chi connectivity index (χ2n) is 10.4. The van der Waals surface area contributed by atoms with Crippen LogP contribution in [0.3, 0.4) is 0 Å². The molecular formula is C23H28O3. The van der Waals surface area contributed by atoms with Gasteiger partial charge in [0, 0.05) is 24.2 Å². The fourth-order valence-electron chi connectivity index (χ4n) is 8.36. The molecule has 3 saturated carbocycles. The van der Waals surface area contributed by atoms with Crippen molar-refractivity contribution in [1.29, 1.82) is 0 Å². The molecule has 5 aliphatic carbocycles. The van der Waals surface area contributed by atoms with Gasteiger partial charge in [0.05, 0.1) is 0 Å². The summed E-state index contributed by atoms with van der Waals surface area (Å²) in [5.41, 5.74) is 1.39. The van der Waals surface area contributed by atoms with Gasteiger partial charge >= 0.3 is 5.97 Å². The molecule has 1 spiro atoms. The SMILES string of the molecule is C[C@]12CCC(=O)C=C1C=C[C@H]1[C@H]3[C@@H]4C[C@@H]4[C@@]4(CCC(=O)O4)[C@@]3(C)CC[C@H]12. The Morgan fingerprint density at radius 2 is 1.92 bits per heavy atom. The van der Waals surface area contributed by atoms with Crippen LogP contribution in [-0.2, 0) is 14.3 Å². The smallest absolute Gasteiger partial charge is 0.306 e. The first-order valence-corrected chi connectivity index (χ1v) is 10.5. The molecule has 0 radical (unpaired) electrons. The maximum Gasteiger partial charge on any atom is 0.306 e. The Morgan fingerprint density at radius 1 is 1.08 bits per heavy atom. The molecule has 4 fully saturated rings. The number of ether oxygens (including phenoxy) is 1. The number of ketones is 1. The minimum Gasteiger partial charge on any atom is -0.458 e. The van der Waals surface area contributed by atoms with E-state index in [1.54, 1.807) is 0 Å². The molecule has 6 aliphatic rings.